The number of nitrogens with zero attached hydrogens (tertiary/aromatic N) is 2. The van der Waals surface area contributed by atoms with Crippen molar-refractivity contribution >= 4 is 35.0 Å². The van der Waals surface area contributed by atoms with Crippen molar-refractivity contribution in [3.05, 3.63) is 52.5 Å². The highest BCUT2D eigenvalue weighted by Crippen LogP contribution is 2.49. The molecule has 0 spiro atoms. The molecule has 1 aromatic carbocycles. The Morgan fingerprint density at radius 2 is 1.39 bits per heavy atom. The maximum Gasteiger partial charge on any atom is 0.356 e. The second-order valence-corrected chi connectivity index (χ2v) is 9.08. The monoisotopic (exact) mass is 606 g/mol. The van der Waals surface area contributed by atoms with Crippen LogP contribution in [0.5, 0.6) is 17.2 Å². The molecule has 2 amide bonds. The first-order valence-corrected chi connectivity index (χ1v) is 13.0. The van der Waals surface area contributed by atoms with Crippen LogP contribution in [0.2, 0.25) is 0 Å². The average molecular weight is 607 g/mol. The third kappa shape index (κ3) is 5.10. The molecule has 14 heteroatoms. The van der Waals surface area contributed by atoms with Gasteiger partial charge in [-0.1, -0.05) is 0 Å². The molecule has 14 nitrogen and oxygen atoms in total. The Kier molecular flexibility index (Phi) is 9.02. The standard InChI is InChI=1S/C30H30N4O10/c1-13-18(14-10-12-17(39-3)27(42-6)25(14)40-4)22(34-30(38)31-2)21(33-19(13)29(37)44-8)16-11-9-15-20(32-16)23(35)24(36)28(43-7)26(15)41-5/h9-12H,1-8H3,(H2,31,34,38). The molecule has 1 aliphatic rings. The van der Waals surface area contributed by atoms with E-state index in [2.05, 4.69) is 20.6 Å². The Morgan fingerprint density at radius 3 is 1.95 bits per heavy atom. The van der Waals surface area contributed by atoms with Crippen LogP contribution in [0.15, 0.2) is 30.0 Å². The number of methoxy groups -OCH3 is 6. The largest absolute Gasteiger partial charge is 0.493 e. The highest BCUT2D eigenvalue weighted by atomic mass is 16.5. The molecule has 0 fully saturated rings. The van der Waals surface area contributed by atoms with Gasteiger partial charge >= 0.3 is 12.0 Å². The predicted octanol–water partition coefficient (Wildman–Crippen LogP) is 3.41. The summed E-state index contributed by atoms with van der Waals surface area (Å²) >= 11 is 0. The molecule has 0 saturated carbocycles. The van der Waals surface area contributed by atoms with Crippen LogP contribution in [0, 0.1) is 6.92 Å². The first-order chi connectivity index (χ1) is 21.1. The van der Waals surface area contributed by atoms with Gasteiger partial charge in [0.05, 0.1) is 59.6 Å². The van der Waals surface area contributed by atoms with Crippen molar-refractivity contribution < 1.29 is 47.6 Å². The van der Waals surface area contributed by atoms with Crippen LogP contribution in [0.25, 0.3) is 28.3 Å². The molecule has 230 valence electrons. The van der Waals surface area contributed by atoms with E-state index < -0.39 is 23.6 Å². The number of hydrogen-bond donors (Lipinski definition) is 2. The zero-order valence-corrected chi connectivity index (χ0v) is 25.3. The summed E-state index contributed by atoms with van der Waals surface area (Å²) < 4.78 is 32.2. The van der Waals surface area contributed by atoms with E-state index in [0.717, 1.165) is 0 Å². The molecule has 4 rings (SSSR count). The minimum Gasteiger partial charge on any atom is -0.493 e. The lowest BCUT2D eigenvalue weighted by atomic mass is 9.93. The van der Waals surface area contributed by atoms with Crippen molar-refractivity contribution in [3.63, 3.8) is 0 Å². The smallest absolute Gasteiger partial charge is 0.356 e. The SMILES string of the molecule is CNC(=O)Nc1c(-c2ccc3c(n2)C(=O)C(=O)C(OC)=C3OC)nc(C(=O)OC)c(C)c1-c1ccc(OC)c(OC)c1OC. The maximum absolute atomic E-state index is 13.1. The molecule has 3 aromatic rings. The number of nitrogens with one attached hydrogen (secondary N) is 2. The average Bonchev–Trinajstić information content (AvgIpc) is 3.05. The number of allylic oxidation sites excluding steroid dienone is 1. The van der Waals surface area contributed by atoms with Crippen LogP contribution in [-0.4, -0.2) is 83.2 Å². The first-order valence-electron chi connectivity index (χ1n) is 13.0. The highest BCUT2D eigenvalue weighted by molar-refractivity contribution is 6.51. The predicted molar refractivity (Wildman–Crippen MR) is 157 cm³/mol. The third-order valence-corrected chi connectivity index (χ3v) is 6.88. The highest BCUT2D eigenvalue weighted by Gasteiger charge is 2.37. The van der Waals surface area contributed by atoms with Crippen molar-refractivity contribution in [2.24, 2.45) is 0 Å². The number of carbonyl (C=O) groups is 4. The zero-order valence-electron chi connectivity index (χ0n) is 25.3. The van der Waals surface area contributed by atoms with Gasteiger partial charge in [0, 0.05) is 18.2 Å². The number of urea groups is 1. The topological polar surface area (TPSA) is 173 Å². The molecule has 0 atom stereocenters. The van der Waals surface area contributed by atoms with E-state index in [1.807, 2.05) is 0 Å². The van der Waals surface area contributed by atoms with Crippen LogP contribution < -0.4 is 24.8 Å². The molecule has 0 aliphatic heterocycles. The Balaban J connectivity index is 2.16. The Morgan fingerprint density at radius 1 is 0.727 bits per heavy atom. The van der Waals surface area contributed by atoms with Crippen LogP contribution in [0.1, 0.15) is 32.1 Å². The number of benzene rings is 1. The maximum atomic E-state index is 13.1. The van der Waals surface area contributed by atoms with E-state index in [1.54, 1.807) is 19.1 Å². The van der Waals surface area contributed by atoms with Crippen molar-refractivity contribution in [2.45, 2.75) is 6.92 Å². The lowest BCUT2D eigenvalue weighted by molar-refractivity contribution is -0.114. The van der Waals surface area contributed by atoms with E-state index in [1.165, 1.54) is 61.8 Å². The fraction of sp³-hybridized carbons (Fsp3) is 0.267. The molecule has 44 heavy (non-hydrogen) atoms. The van der Waals surface area contributed by atoms with Gasteiger partial charge in [-0.15, -0.1) is 0 Å². The van der Waals surface area contributed by atoms with E-state index in [9.17, 15) is 19.2 Å². The quantitative estimate of drug-likeness (QED) is 0.269. The van der Waals surface area contributed by atoms with E-state index in [4.69, 9.17) is 28.4 Å². The van der Waals surface area contributed by atoms with Crippen LogP contribution in [0.3, 0.4) is 0 Å². The minimum absolute atomic E-state index is 0.0185. The minimum atomic E-state index is -0.951. The molecule has 0 radical (unpaired) electrons. The van der Waals surface area contributed by atoms with Crippen LogP contribution in [0.4, 0.5) is 10.5 Å². The molecule has 0 saturated heterocycles. The molecule has 0 unspecified atom stereocenters. The number of pyridine rings is 2. The summed E-state index contributed by atoms with van der Waals surface area (Å²) in [5.41, 5.74) is 0.993. The molecule has 2 aromatic heterocycles. The van der Waals surface area contributed by atoms with Gasteiger partial charge in [-0.05, 0) is 36.8 Å². The number of aromatic nitrogens is 2. The number of hydrogen-bond acceptors (Lipinski definition) is 12. The van der Waals surface area contributed by atoms with Crippen LogP contribution in [-0.2, 0) is 19.0 Å². The second-order valence-electron chi connectivity index (χ2n) is 9.08. The van der Waals surface area contributed by atoms with E-state index >= 15 is 0 Å². The Labute approximate surface area is 252 Å². The van der Waals surface area contributed by atoms with Gasteiger partial charge in [0.15, 0.2) is 23.0 Å². The number of fused-ring (bicyclic) bond motifs is 1. The lowest BCUT2D eigenvalue weighted by Crippen LogP contribution is -2.27. The molecule has 0 bridgehead atoms. The van der Waals surface area contributed by atoms with E-state index in [-0.39, 0.29) is 57.0 Å². The molecule has 2 heterocycles. The molecule has 2 N–H and O–H groups in total. The molecular weight excluding hydrogens is 576 g/mol. The Hall–Kier alpha value is -5.66. The van der Waals surface area contributed by atoms with Crippen molar-refractivity contribution in [1.82, 2.24) is 15.3 Å². The number of esters is 1. The number of carbonyl (C=O) groups excluding carboxylic acids is 4. The summed E-state index contributed by atoms with van der Waals surface area (Å²) in [5.74, 6) is -2.07. The van der Waals surface area contributed by atoms with Crippen molar-refractivity contribution in [3.8, 4) is 39.8 Å². The lowest BCUT2D eigenvalue weighted by Gasteiger charge is -2.23. The van der Waals surface area contributed by atoms with Gasteiger partial charge in [0.2, 0.25) is 11.5 Å². The summed E-state index contributed by atoms with van der Waals surface area (Å²) in [6, 6.07) is 5.66. The van der Waals surface area contributed by atoms with Crippen molar-refractivity contribution in [1.29, 1.82) is 0 Å². The van der Waals surface area contributed by atoms with Crippen LogP contribution >= 0.6 is 0 Å². The second kappa shape index (κ2) is 12.7. The summed E-state index contributed by atoms with van der Waals surface area (Å²) in [6.07, 6.45) is 0. The zero-order chi connectivity index (χ0) is 32.3. The Bertz CT molecular complexity index is 1730. The fourth-order valence-electron chi connectivity index (χ4n) is 4.86. The summed E-state index contributed by atoms with van der Waals surface area (Å²) in [5, 5.41) is 5.26. The number of anilines is 1. The summed E-state index contributed by atoms with van der Waals surface area (Å²) in [4.78, 5) is 60.8. The number of rotatable bonds is 9. The summed E-state index contributed by atoms with van der Waals surface area (Å²) in [7, 11) is 9.52. The van der Waals surface area contributed by atoms with Gasteiger partial charge in [0.1, 0.15) is 11.4 Å². The first kappa shape index (κ1) is 31.3. The van der Waals surface area contributed by atoms with Crippen molar-refractivity contribution in [2.75, 3.05) is 55.0 Å². The van der Waals surface area contributed by atoms with Gasteiger partial charge in [0.25, 0.3) is 11.6 Å². The molecular formula is C30H30N4O10. The number of amides is 2. The van der Waals surface area contributed by atoms with Gasteiger partial charge < -0.3 is 39.1 Å². The van der Waals surface area contributed by atoms with E-state index in [0.29, 0.717) is 22.4 Å². The number of Topliss-reactive ketones (excluding diaryl/α,β-unsaturated/α-hetero) is 2. The van der Waals surface area contributed by atoms with Gasteiger partial charge in [-0.25, -0.2) is 19.6 Å². The molecule has 1 aliphatic carbocycles. The number of ether oxygens (including phenoxy) is 6. The van der Waals surface area contributed by atoms with Gasteiger partial charge in [-0.2, -0.15) is 0 Å². The summed E-state index contributed by atoms with van der Waals surface area (Å²) in [6.45, 7) is 1.62. The normalized spacial score (nSPS) is 12.3. The number of ketones is 2. The van der Waals surface area contributed by atoms with Gasteiger partial charge in [-0.3, -0.25) is 9.59 Å². The third-order valence-electron chi connectivity index (χ3n) is 6.88. The fourth-order valence-corrected chi connectivity index (χ4v) is 4.86.